The van der Waals surface area contributed by atoms with Gasteiger partial charge in [0.15, 0.2) is 0 Å². The highest BCUT2D eigenvalue weighted by Crippen LogP contribution is 2.31. The molecule has 4 rings (SSSR count). The van der Waals surface area contributed by atoms with Gasteiger partial charge in [0, 0.05) is 28.3 Å². The summed E-state index contributed by atoms with van der Waals surface area (Å²) in [6.45, 7) is 0. The van der Waals surface area contributed by atoms with Crippen LogP contribution in [0.15, 0.2) is 85.1 Å². The number of nitrogens with one attached hydrogen (secondary N) is 3. The smallest absolute Gasteiger partial charge is 0.340 e. The van der Waals surface area contributed by atoms with Crippen LogP contribution in [0.25, 0.3) is 0 Å². The maximum absolute atomic E-state index is 13.0. The van der Waals surface area contributed by atoms with Crippen molar-refractivity contribution in [3.8, 4) is 0 Å². The van der Waals surface area contributed by atoms with Crippen molar-refractivity contribution < 1.29 is 18.0 Å². The van der Waals surface area contributed by atoms with Crippen LogP contribution in [0.1, 0.15) is 11.1 Å². The van der Waals surface area contributed by atoms with Gasteiger partial charge in [-0.25, -0.2) is 4.98 Å². The number of rotatable bonds is 7. The Morgan fingerprint density at radius 2 is 1.54 bits per heavy atom. The zero-order chi connectivity index (χ0) is 24.8. The van der Waals surface area contributed by atoms with Crippen molar-refractivity contribution in [3.05, 3.63) is 101 Å². The van der Waals surface area contributed by atoms with Gasteiger partial charge in [-0.2, -0.15) is 18.2 Å². The molecule has 6 nitrogen and oxygen atoms in total. The van der Waals surface area contributed by atoms with Crippen LogP contribution in [-0.4, -0.2) is 15.9 Å². The Hall–Kier alpha value is -4.11. The van der Waals surface area contributed by atoms with Gasteiger partial charge in [0.2, 0.25) is 11.9 Å². The van der Waals surface area contributed by atoms with Crippen LogP contribution in [-0.2, 0) is 17.4 Å². The molecule has 1 amide bonds. The fourth-order valence-electron chi connectivity index (χ4n) is 3.21. The maximum Gasteiger partial charge on any atom is 0.416 e. The van der Waals surface area contributed by atoms with Crippen LogP contribution in [0.4, 0.5) is 42.0 Å². The zero-order valence-corrected chi connectivity index (χ0v) is 18.9. The molecule has 35 heavy (non-hydrogen) atoms. The lowest BCUT2D eigenvalue weighted by atomic mass is 10.1. The van der Waals surface area contributed by atoms with Crippen molar-refractivity contribution in [2.45, 2.75) is 12.6 Å². The molecule has 0 aliphatic carbocycles. The van der Waals surface area contributed by atoms with E-state index >= 15 is 0 Å². The minimum atomic E-state index is -4.44. The summed E-state index contributed by atoms with van der Waals surface area (Å²) in [5.74, 6) is 0.355. The minimum absolute atomic E-state index is 0.187. The van der Waals surface area contributed by atoms with Crippen molar-refractivity contribution in [3.63, 3.8) is 0 Å². The van der Waals surface area contributed by atoms with E-state index in [1.165, 1.54) is 18.3 Å². The van der Waals surface area contributed by atoms with Crippen LogP contribution in [0.5, 0.6) is 0 Å². The van der Waals surface area contributed by atoms with E-state index < -0.39 is 11.7 Å². The standard InChI is InChI=1S/C25H19ClF3N5O/c26-18-9-7-16(8-10-18)13-23(35)32-20-5-2-6-21(15-20)33-24-30-12-11-22(34-24)31-19-4-1-3-17(14-19)25(27,28)29/h1-12,14-15H,13H2,(H,32,35)(H2,30,31,33,34). The summed E-state index contributed by atoms with van der Waals surface area (Å²) in [5, 5.41) is 9.31. The van der Waals surface area contributed by atoms with E-state index in [9.17, 15) is 18.0 Å². The Morgan fingerprint density at radius 3 is 2.29 bits per heavy atom. The molecular weight excluding hydrogens is 479 g/mol. The van der Waals surface area contributed by atoms with E-state index in [4.69, 9.17) is 11.6 Å². The molecule has 0 spiro atoms. The van der Waals surface area contributed by atoms with Crippen LogP contribution in [0, 0.1) is 0 Å². The molecule has 0 atom stereocenters. The van der Waals surface area contributed by atoms with Gasteiger partial charge in [-0.3, -0.25) is 4.79 Å². The normalized spacial score (nSPS) is 11.1. The molecule has 3 aromatic carbocycles. The van der Waals surface area contributed by atoms with Gasteiger partial charge in [-0.05, 0) is 60.2 Å². The molecule has 178 valence electrons. The van der Waals surface area contributed by atoms with Crippen LogP contribution in [0.3, 0.4) is 0 Å². The van der Waals surface area contributed by atoms with Crippen LogP contribution >= 0.6 is 11.6 Å². The fraction of sp³-hybridized carbons (Fsp3) is 0.0800. The lowest BCUT2D eigenvalue weighted by Gasteiger charge is -2.12. The van der Waals surface area contributed by atoms with Gasteiger partial charge in [-0.1, -0.05) is 35.9 Å². The van der Waals surface area contributed by atoms with Crippen molar-refractivity contribution in [1.82, 2.24) is 9.97 Å². The Kier molecular flexibility index (Phi) is 7.17. The van der Waals surface area contributed by atoms with Gasteiger partial charge < -0.3 is 16.0 Å². The molecule has 0 fully saturated rings. The van der Waals surface area contributed by atoms with Gasteiger partial charge in [0.25, 0.3) is 0 Å². The Labute approximate surface area is 204 Å². The number of alkyl halides is 3. The minimum Gasteiger partial charge on any atom is -0.340 e. The summed E-state index contributed by atoms with van der Waals surface area (Å²) in [7, 11) is 0. The molecule has 0 bridgehead atoms. The average molecular weight is 498 g/mol. The predicted molar refractivity (Wildman–Crippen MR) is 130 cm³/mol. The molecule has 10 heteroatoms. The van der Waals surface area contributed by atoms with E-state index in [2.05, 4.69) is 25.9 Å². The van der Waals surface area contributed by atoms with E-state index in [0.717, 1.165) is 17.7 Å². The molecule has 0 saturated heterocycles. The Balaban J connectivity index is 1.41. The molecule has 1 heterocycles. The molecule has 4 aromatic rings. The molecule has 3 N–H and O–H groups in total. The van der Waals surface area contributed by atoms with Crippen molar-refractivity contribution in [1.29, 1.82) is 0 Å². The number of carbonyl (C=O) groups is 1. The Bertz CT molecular complexity index is 1330. The summed E-state index contributed by atoms with van der Waals surface area (Å²) < 4.78 is 38.9. The molecule has 0 radical (unpaired) electrons. The van der Waals surface area contributed by atoms with Crippen molar-refractivity contribution >= 4 is 46.3 Å². The average Bonchev–Trinajstić information content (AvgIpc) is 2.81. The SMILES string of the molecule is O=C(Cc1ccc(Cl)cc1)Nc1cccc(Nc2nccc(Nc3cccc(C(F)(F)F)c3)n2)c1. The first kappa shape index (κ1) is 24.0. The van der Waals surface area contributed by atoms with Gasteiger partial charge >= 0.3 is 6.18 Å². The summed E-state index contributed by atoms with van der Waals surface area (Å²) in [6, 6.07) is 20.4. The second-order valence-electron chi connectivity index (χ2n) is 7.53. The van der Waals surface area contributed by atoms with Crippen molar-refractivity contribution in [2.24, 2.45) is 0 Å². The first-order chi connectivity index (χ1) is 16.7. The highest BCUT2D eigenvalue weighted by atomic mass is 35.5. The van der Waals surface area contributed by atoms with E-state index in [1.54, 1.807) is 54.6 Å². The summed E-state index contributed by atoms with van der Waals surface area (Å²) >= 11 is 5.87. The third-order valence-corrected chi connectivity index (χ3v) is 5.05. The summed E-state index contributed by atoms with van der Waals surface area (Å²) in [6.07, 6.45) is -2.77. The van der Waals surface area contributed by atoms with Crippen LogP contribution < -0.4 is 16.0 Å². The monoisotopic (exact) mass is 497 g/mol. The number of benzene rings is 3. The molecule has 1 aromatic heterocycles. The first-order valence-corrected chi connectivity index (χ1v) is 10.8. The predicted octanol–water partition coefficient (Wildman–Crippen LogP) is 6.82. The summed E-state index contributed by atoms with van der Waals surface area (Å²) in [5.41, 5.74) is 1.51. The largest absolute Gasteiger partial charge is 0.416 e. The molecule has 0 unspecified atom stereocenters. The van der Waals surface area contributed by atoms with E-state index in [-0.39, 0.29) is 24.0 Å². The topological polar surface area (TPSA) is 78.9 Å². The van der Waals surface area contributed by atoms with E-state index in [1.807, 2.05) is 0 Å². The second kappa shape index (κ2) is 10.4. The number of nitrogens with zero attached hydrogens (tertiary/aromatic N) is 2. The maximum atomic E-state index is 13.0. The highest BCUT2D eigenvalue weighted by Gasteiger charge is 2.30. The highest BCUT2D eigenvalue weighted by molar-refractivity contribution is 6.30. The fourth-order valence-corrected chi connectivity index (χ4v) is 3.33. The third kappa shape index (κ3) is 6.94. The van der Waals surface area contributed by atoms with Gasteiger partial charge in [-0.15, -0.1) is 0 Å². The first-order valence-electron chi connectivity index (χ1n) is 10.4. The number of hydrogen-bond donors (Lipinski definition) is 3. The lowest BCUT2D eigenvalue weighted by Crippen LogP contribution is -2.14. The molecular formula is C25H19ClF3N5O. The number of aromatic nitrogens is 2. The number of amides is 1. The van der Waals surface area contributed by atoms with E-state index in [0.29, 0.717) is 22.2 Å². The van der Waals surface area contributed by atoms with Crippen LogP contribution in [0.2, 0.25) is 5.02 Å². The van der Waals surface area contributed by atoms with Crippen molar-refractivity contribution in [2.75, 3.05) is 16.0 Å². The molecule has 0 aliphatic heterocycles. The van der Waals surface area contributed by atoms with Gasteiger partial charge in [0.1, 0.15) is 5.82 Å². The number of anilines is 5. The lowest BCUT2D eigenvalue weighted by molar-refractivity contribution is -0.137. The number of hydrogen-bond acceptors (Lipinski definition) is 5. The number of halogens is 4. The summed E-state index contributed by atoms with van der Waals surface area (Å²) in [4.78, 5) is 20.8. The third-order valence-electron chi connectivity index (χ3n) is 4.80. The quantitative estimate of drug-likeness (QED) is 0.261. The van der Waals surface area contributed by atoms with Gasteiger partial charge in [0.05, 0.1) is 12.0 Å². The second-order valence-corrected chi connectivity index (χ2v) is 7.96. The molecule has 0 aliphatic rings. The number of carbonyl (C=O) groups excluding carboxylic acids is 1. The Morgan fingerprint density at radius 1 is 0.857 bits per heavy atom. The molecule has 0 saturated carbocycles. The zero-order valence-electron chi connectivity index (χ0n) is 18.1.